The number of ether oxygens (including phenoxy) is 2. The van der Waals surface area contributed by atoms with E-state index in [0.29, 0.717) is 36.7 Å². The number of hydrogen-bond donors (Lipinski definition) is 1. The lowest BCUT2D eigenvalue weighted by Crippen LogP contribution is -2.93. The molecule has 45 radical (unpaired) electrons. The highest BCUT2D eigenvalue weighted by atomic mass is 16.6. The van der Waals surface area contributed by atoms with Crippen LogP contribution in [0.3, 0.4) is 0 Å². The first kappa shape index (κ1) is 105. The predicted octanol–water partition coefficient (Wildman–Crippen LogP) is -6.09. The Bertz CT molecular complexity index is 5580. The van der Waals surface area contributed by atoms with Crippen molar-refractivity contribution in [2.45, 2.75) is 6.92 Å². The summed E-state index contributed by atoms with van der Waals surface area (Å²) in [6.45, 7) is 16.7. The molecule has 2 heterocycles. The molecule has 0 atom stereocenters. The number of anilines is 2. The Kier molecular flexibility index (Phi) is 54.2. The minimum absolute atomic E-state index is 0.0603. The van der Waals surface area contributed by atoms with Gasteiger partial charge in [0.2, 0.25) is 5.91 Å². The fourth-order valence-corrected chi connectivity index (χ4v) is 11.5. The maximum atomic E-state index is 11.5. The monoisotopic (exact) mass is 1430 g/mol. The molecule has 0 aromatic heterocycles. The zero-order chi connectivity index (χ0) is 88.5. The summed E-state index contributed by atoms with van der Waals surface area (Å²) in [5, 5.41) is 31.7. The van der Waals surface area contributed by atoms with E-state index in [2.05, 4.69) is 258 Å². The van der Waals surface area contributed by atoms with E-state index in [1.807, 2.05) is 12.1 Å². The molecule has 0 unspecified atom stereocenters. The van der Waals surface area contributed by atoms with Gasteiger partial charge in [0.1, 0.15) is 30.9 Å². The first-order chi connectivity index (χ1) is 56.4. The molecule has 54 heteroatoms. The molecule has 0 saturated carbocycles. The van der Waals surface area contributed by atoms with Gasteiger partial charge in [-0.15, -0.1) is 0 Å². The second-order valence-corrected chi connectivity index (χ2v) is 23.6. The molecule has 2 aliphatic rings. The summed E-state index contributed by atoms with van der Waals surface area (Å²) in [5.74, 6) is 0.541. The maximum Gasteiger partial charge on any atom is 0.273 e. The van der Waals surface area contributed by atoms with Crippen LogP contribution < -0.4 is 19.7 Å². The molecule has 0 fully saturated rings. The van der Waals surface area contributed by atoms with Crippen molar-refractivity contribution in [3.63, 3.8) is 0 Å². The van der Waals surface area contributed by atoms with Gasteiger partial charge in [-0.2, -0.15) is 10.5 Å². The first-order valence-corrected chi connectivity index (χ1v) is 34.1. The van der Waals surface area contributed by atoms with Gasteiger partial charge >= 0.3 is 0 Å². The van der Waals surface area contributed by atoms with Crippen molar-refractivity contribution in [1.82, 2.24) is 0 Å². The predicted molar refractivity (Wildman–Crippen MR) is 515 cm³/mol. The number of fused-ring (bicyclic) bond motifs is 2. The second kappa shape index (κ2) is 61.1. The number of nitrogens with zero attached hydrogens (tertiary/aromatic N) is 5. The number of amides is 1. The molecular weight excluding hydrogens is 1400 g/mol. The Morgan fingerprint density at radius 2 is 0.695 bits per heavy atom. The number of hydrogen-bond acceptors (Lipinski definition) is 8. The van der Waals surface area contributed by atoms with Crippen molar-refractivity contribution in [1.29, 1.82) is 10.5 Å². The van der Waals surface area contributed by atoms with Crippen molar-refractivity contribution in [2.24, 2.45) is 0 Å². The van der Waals surface area contributed by atoms with Gasteiger partial charge in [-0.3, -0.25) is 14.9 Å². The lowest BCUT2D eigenvalue weighted by Gasteiger charge is -2.55. The van der Waals surface area contributed by atoms with Crippen LogP contribution >= 0.6 is 0 Å². The molecule has 1 amide bonds. The highest BCUT2D eigenvalue weighted by Gasteiger charge is 2.58. The highest BCUT2D eigenvalue weighted by molar-refractivity contribution is 8.33. The summed E-state index contributed by atoms with van der Waals surface area (Å²) >= 11 is 0. The number of nitriles is 2. The van der Waals surface area contributed by atoms with Crippen LogP contribution in [-0.4, -0.2) is 342 Å². The lowest BCUT2D eigenvalue weighted by molar-refractivity contribution is -0.384. The molecule has 2 aliphatic heterocycles. The van der Waals surface area contributed by atoms with Gasteiger partial charge < -0.3 is 19.7 Å². The minimum Gasteiger partial charge on any atom is -0.488 e. The smallest absolute Gasteiger partial charge is 0.273 e. The van der Waals surface area contributed by atoms with Crippen molar-refractivity contribution >= 4 is 334 Å². The van der Waals surface area contributed by atoms with E-state index in [9.17, 15) is 14.9 Å². The van der Waals surface area contributed by atoms with Crippen LogP contribution in [0, 0.1) is 39.3 Å². The molecule has 0 aliphatic carbocycles. The van der Waals surface area contributed by atoms with Gasteiger partial charge in [0, 0.05) is 462 Å². The second-order valence-electron chi connectivity index (χ2n) is 23.6. The average molecular weight is 1420 g/mol. The standard InChI is InChI=1S/C43H4.C11H9N3O4.C10H7N3O.B43/c1-3-5-7-9-11-13-15-17-19-21-23-25-27-29-31-33-35-37-39-41-43-42-40-38-36-34-32-30-28-26-24-22-20-18-16-14-12-10-8-6-4-2;1-7(15)13-2-3-18-11-8(6-12)4-9(14(16)17)5-10(11)13;1-12-8-4-7(6-11)10-9(5-8)13-2-3-14-10;1-23-34(22)40(35(24(2)3)25(4)5)43(41(36(26(6)7)27(8)9)37(28(10)11)29(12)13)42(38(30(14)15)31(16)17)39(32(18)19)33(20)21/h1-2H2;4-5H,2-3H2,1H3;4-5,13H,2-3H2;. The van der Waals surface area contributed by atoms with Crippen LogP contribution in [0.1, 0.15) is 18.1 Å². The van der Waals surface area contributed by atoms with Crippen LogP contribution in [0.4, 0.5) is 22.7 Å². The van der Waals surface area contributed by atoms with E-state index in [0.717, 1.165) is 11.8 Å². The van der Waals surface area contributed by atoms with Gasteiger partial charge in [-0.1, -0.05) is 11.5 Å². The summed E-state index contributed by atoms with van der Waals surface area (Å²) in [7, 11) is 140. The largest absolute Gasteiger partial charge is 0.488 e. The summed E-state index contributed by atoms with van der Waals surface area (Å²) in [5.41, 5.74) is 104. The molecular formula is C64H20B43N6O5. The van der Waals surface area contributed by atoms with Crippen molar-refractivity contribution in [3.05, 3.63) is 305 Å². The molecule has 0 bridgehead atoms. The highest BCUT2D eigenvalue weighted by Crippen LogP contribution is 2.39. The Morgan fingerprint density at radius 1 is 0.432 bits per heavy atom. The molecule has 4 rings (SSSR count). The molecule has 465 valence electrons. The van der Waals surface area contributed by atoms with E-state index >= 15 is 0 Å². The molecule has 11 nitrogen and oxygen atoms in total. The number of nitrogens with one attached hydrogen (secondary N) is 1. The first-order valence-electron chi connectivity index (χ1n) is 34.1. The lowest BCUT2D eigenvalue weighted by atomic mass is 8.26. The Balaban J connectivity index is 0.000000858. The van der Waals surface area contributed by atoms with Gasteiger partial charge in [0.25, 0.3) is 5.69 Å². The molecule has 2 aromatic rings. The molecule has 2 aromatic carbocycles. The van der Waals surface area contributed by atoms with Gasteiger partial charge in [-0.25, -0.2) is 4.85 Å². The zero-order valence-electron chi connectivity index (χ0n) is 63.7. The fraction of sp³-hybridized carbons (Fsp3) is 0.0781. The van der Waals surface area contributed by atoms with Crippen LogP contribution in [0.5, 0.6) is 11.5 Å². The van der Waals surface area contributed by atoms with E-state index in [1.165, 1.54) is 25.0 Å². The van der Waals surface area contributed by atoms with Gasteiger partial charge in [-0.05, 0) is 117 Å². The van der Waals surface area contributed by atoms with E-state index in [4.69, 9.17) is 197 Å². The molecule has 0 spiro atoms. The maximum absolute atomic E-state index is 11.5. The van der Waals surface area contributed by atoms with E-state index < -0.39 is 133 Å². The average Bonchev–Trinajstić information content (AvgIpc) is 0.744. The third-order valence-electron chi connectivity index (χ3n) is 15.8. The Morgan fingerprint density at radius 3 is 0.941 bits per heavy atom. The summed E-state index contributed by atoms with van der Waals surface area (Å²) < 4.78 is 10.7. The van der Waals surface area contributed by atoms with Gasteiger partial charge in [0.05, 0.1) is 35.0 Å². The number of benzene rings is 2. The fourth-order valence-electron chi connectivity index (χ4n) is 11.5. The third-order valence-corrected chi connectivity index (χ3v) is 15.8. The SMILES string of the molecule is C=C=C=C=C=C=C=C=C=C=C=C=C=C=C=C=C=C=C=C=C=C=C=C=C=C=C=C=C=C=C=C=C=C=C=C=C=C=C=C=C=C=C.CC(=O)N1CCOc2c(C#N)cc([N+](=O)[O-])cc21.[B][B]B([B])B(B(B([B])[B])B([B])[B])B(B(B(B([B])[B])B([B])[B])B(B([B])[B])B([B])[B])B(B(B([B])[B])B([B])[B])B(B([B])[B])B([B])[B].[C-]#[N+]c1cc(C#N)c2c(c1)NCCO2. The van der Waals surface area contributed by atoms with Gasteiger partial charge in [0.15, 0.2) is 17.2 Å². The van der Waals surface area contributed by atoms with Crippen LogP contribution in [0.25, 0.3) is 4.85 Å². The summed E-state index contributed by atoms with van der Waals surface area (Å²) in [6.07, 6.45) is -23.1. The van der Waals surface area contributed by atoms with Crippen LogP contribution in [0.15, 0.2) is 272 Å². The van der Waals surface area contributed by atoms with Crippen molar-refractivity contribution in [3.8, 4) is 23.6 Å². The van der Waals surface area contributed by atoms with Crippen LogP contribution in [-0.2, 0) is 4.79 Å². The quantitative estimate of drug-likeness (QED) is 0.0428. The Hall–Kier alpha value is -11.3. The van der Waals surface area contributed by atoms with Crippen molar-refractivity contribution < 1.29 is 19.2 Å². The summed E-state index contributed by atoms with van der Waals surface area (Å²) in [4.78, 5) is 26.3. The summed E-state index contributed by atoms with van der Waals surface area (Å²) in [6, 6.07) is 9.49. The number of carbonyl (C=O) groups excluding carboxylic acids is 1. The number of carbonyl (C=O) groups is 1. The van der Waals surface area contributed by atoms with E-state index in [-0.39, 0.29) is 35.2 Å². The molecule has 118 heavy (non-hydrogen) atoms. The topological polar surface area (TPSA) is 146 Å². The Labute approximate surface area is 729 Å². The number of non-ortho nitro benzene ring substituents is 1. The van der Waals surface area contributed by atoms with Crippen LogP contribution in [0.2, 0.25) is 0 Å². The van der Waals surface area contributed by atoms with Crippen molar-refractivity contribution in [2.75, 3.05) is 36.5 Å². The number of nitro benzene ring substituents is 1. The minimum atomic E-state index is -1.24. The number of nitro groups is 1. The molecule has 1 N–H and O–H groups in total. The normalized spacial score (nSPS) is 8.44. The zero-order valence-corrected chi connectivity index (χ0v) is 63.7. The van der Waals surface area contributed by atoms with E-state index in [1.54, 1.807) is 12.1 Å². The third kappa shape index (κ3) is 39.1. The number of rotatable bonds is 21. The molecule has 0 saturated heterocycles.